The first-order valence-corrected chi connectivity index (χ1v) is 8.31. The van der Waals surface area contributed by atoms with E-state index in [0.717, 1.165) is 22.6 Å². The van der Waals surface area contributed by atoms with Crippen molar-refractivity contribution in [2.45, 2.75) is 13.8 Å². The molecule has 0 spiro atoms. The van der Waals surface area contributed by atoms with Crippen molar-refractivity contribution >= 4 is 17.7 Å². The van der Waals surface area contributed by atoms with Gasteiger partial charge in [-0.2, -0.15) is 0 Å². The van der Waals surface area contributed by atoms with E-state index in [1.54, 1.807) is 25.6 Å². The van der Waals surface area contributed by atoms with Crippen molar-refractivity contribution in [3.63, 3.8) is 0 Å². The standard InChI is InChI=1S/C21H21N3O2/c1-15-13-17(16(2)24(15)18-7-5-4-6-8-18)9-10-21(25)23-19-14-22-12-11-20(19)26-3/h4-14H,1-3H3,(H,23,25)/b10-9+. The Labute approximate surface area is 153 Å². The topological polar surface area (TPSA) is 56.1 Å². The van der Waals surface area contributed by atoms with Crippen molar-refractivity contribution < 1.29 is 9.53 Å². The van der Waals surface area contributed by atoms with Gasteiger partial charge in [-0.15, -0.1) is 0 Å². The highest BCUT2D eigenvalue weighted by atomic mass is 16.5. The van der Waals surface area contributed by atoms with Crippen molar-refractivity contribution in [2.75, 3.05) is 12.4 Å². The number of para-hydroxylation sites is 1. The van der Waals surface area contributed by atoms with Gasteiger partial charge in [-0.1, -0.05) is 18.2 Å². The third-order valence-electron chi connectivity index (χ3n) is 4.16. The zero-order chi connectivity index (χ0) is 18.5. The van der Waals surface area contributed by atoms with Gasteiger partial charge in [-0.05, 0) is 43.7 Å². The zero-order valence-electron chi connectivity index (χ0n) is 15.1. The number of aryl methyl sites for hydroxylation is 1. The molecular formula is C21H21N3O2. The van der Waals surface area contributed by atoms with E-state index >= 15 is 0 Å². The number of aromatic nitrogens is 2. The summed E-state index contributed by atoms with van der Waals surface area (Å²) in [7, 11) is 1.55. The van der Waals surface area contributed by atoms with Gasteiger partial charge in [0.2, 0.25) is 5.91 Å². The van der Waals surface area contributed by atoms with Crippen LogP contribution in [0.15, 0.2) is 60.9 Å². The Morgan fingerprint density at radius 3 is 2.69 bits per heavy atom. The number of hydrogen-bond donors (Lipinski definition) is 1. The summed E-state index contributed by atoms with van der Waals surface area (Å²) in [6.07, 6.45) is 6.51. The number of amides is 1. The molecule has 0 aliphatic carbocycles. The largest absolute Gasteiger partial charge is 0.494 e. The number of ether oxygens (including phenoxy) is 1. The fourth-order valence-corrected chi connectivity index (χ4v) is 2.92. The average Bonchev–Trinajstić information content (AvgIpc) is 2.94. The molecule has 0 saturated heterocycles. The summed E-state index contributed by atoms with van der Waals surface area (Å²) in [5.41, 5.74) is 4.84. The lowest BCUT2D eigenvalue weighted by Gasteiger charge is -2.09. The van der Waals surface area contributed by atoms with E-state index in [0.29, 0.717) is 11.4 Å². The maximum Gasteiger partial charge on any atom is 0.248 e. The van der Waals surface area contributed by atoms with Crippen LogP contribution in [0.2, 0.25) is 0 Å². The van der Waals surface area contributed by atoms with E-state index in [4.69, 9.17) is 4.74 Å². The molecule has 1 amide bonds. The first-order chi connectivity index (χ1) is 12.6. The second-order valence-corrected chi connectivity index (χ2v) is 5.90. The van der Waals surface area contributed by atoms with Crippen LogP contribution in [-0.2, 0) is 4.79 Å². The summed E-state index contributed by atoms with van der Waals surface area (Å²) >= 11 is 0. The predicted octanol–water partition coefficient (Wildman–Crippen LogP) is 4.15. The van der Waals surface area contributed by atoms with Crippen molar-refractivity contribution in [3.8, 4) is 11.4 Å². The van der Waals surface area contributed by atoms with Gasteiger partial charge in [0.1, 0.15) is 11.4 Å². The molecule has 3 aromatic rings. The maximum absolute atomic E-state index is 12.2. The minimum Gasteiger partial charge on any atom is -0.494 e. The molecule has 5 heteroatoms. The van der Waals surface area contributed by atoms with Gasteiger partial charge in [0.05, 0.1) is 13.3 Å². The molecule has 0 fully saturated rings. The summed E-state index contributed by atoms with van der Waals surface area (Å²) in [5, 5.41) is 2.78. The quantitative estimate of drug-likeness (QED) is 0.706. The van der Waals surface area contributed by atoms with Crippen molar-refractivity contribution in [2.24, 2.45) is 0 Å². The Morgan fingerprint density at radius 2 is 1.96 bits per heavy atom. The first kappa shape index (κ1) is 17.5. The molecule has 1 aromatic carbocycles. The van der Waals surface area contributed by atoms with Crippen molar-refractivity contribution in [1.29, 1.82) is 0 Å². The third kappa shape index (κ3) is 3.67. The molecule has 0 bridgehead atoms. The van der Waals surface area contributed by atoms with Gasteiger partial charge in [-0.3, -0.25) is 9.78 Å². The lowest BCUT2D eigenvalue weighted by Crippen LogP contribution is -2.09. The second-order valence-electron chi connectivity index (χ2n) is 5.90. The van der Waals surface area contributed by atoms with Gasteiger partial charge in [0, 0.05) is 35.4 Å². The molecule has 0 saturated carbocycles. The number of hydrogen-bond acceptors (Lipinski definition) is 3. The molecule has 5 nitrogen and oxygen atoms in total. The molecule has 0 unspecified atom stereocenters. The van der Waals surface area contributed by atoms with Gasteiger partial charge in [-0.25, -0.2) is 0 Å². The monoisotopic (exact) mass is 347 g/mol. The van der Waals surface area contributed by atoms with Crippen molar-refractivity contribution in [3.05, 3.63) is 77.9 Å². The minimum atomic E-state index is -0.235. The predicted molar refractivity (Wildman–Crippen MR) is 104 cm³/mol. The molecule has 0 aliphatic heterocycles. The van der Waals surface area contributed by atoms with Crippen LogP contribution >= 0.6 is 0 Å². The van der Waals surface area contributed by atoms with E-state index in [-0.39, 0.29) is 5.91 Å². The van der Waals surface area contributed by atoms with Gasteiger partial charge in [0.15, 0.2) is 0 Å². The molecule has 0 atom stereocenters. The normalized spacial score (nSPS) is 10.9. The van der Waals surface area contributed by atoms with Gasteiger partial charge >= 0.3 is 0 Å². The first-order valence-electron chi connectivity index (χ1n) is 8.31. The average molecular weight is 347 g/mol. The number of carbonyl (C=O) groups excluding carboxylic acids is 1. The SMILES string of the molecule is COc1ccncc1NC(=O)/C=C/c1cc(C)n(-c2ccccc2)c1C. The van der Waals surface area contributed by atoms with Gasteiger partial charge in [0.25, 0.3) is 0 Å². The van der Waals surface area contributed by atoms with Gasteiger partial charge < -0.3 is 14.6 Å². The van der Waals surface area contributed by atoms with E-state index in [1.807, 2.05) is 31.2 Å². The van der Waals surface area contributed by atoms with E-state index < -0.39 is 0 Å². The molecule has 1 N–H and O–H groups in total. The summed E-state index contributed by atoms with van der Waals surface area (Å²) < 4.78 is 7.38. The highest BCUT2D eigenvalue weighted by molar-refractivity contribution is 6.02. The number of methoxy groups -OCH3 is 1. The number of pyridine rings is 1. The molecule has 3 rings (SSSR count). The molecule has 2 heterocycles. The molecular weight excluding hydrogens is 326 g/mol. The number of benzene rings is 1. The summed E-state index contributed by atoms with van der Waals surface area (Å²) in [6, 6.07) is 13.9. The smallest absolute Gasteiger partial charge is 0.248 e. The third-order valence-corrected chi connectivity index (χ3v) is 4.16. The second kappa shape index (κ2) is 7.70. The Hall–Kier alpha value is -3.34. The molecule has 0 radical (unpaired) electrons. The molecule has 0 aliphatic rings. The van der Waals surface area contributed by atoms with Crippen LogP contribution in [0.4, 0.5) is 5.69 Å². The number of carbonyl (C=O) groups is 1. The maximum atomic E-state index is 12.2. The summed E-state index contributed by atoms with van der Waals surface area (Å²) in [4.78, 5) is 16.2. The van der Waals surface area contributed by atoms with Crippen LogP contribution in [0.25, 0.3) is 11.8 Å². The molecule has 2 aromatic heterocycles. The van der Waals surface area contributed by atoms with Crippen LogP contribution in [0.1, 0.15) is 17.0 Å². The Kier molecular flexibility index (Phi) is 5.17. The summed E-state index contributed by atoms with van der Waals surface area (Å²) in [5.74, 6) is 0.338. The summed E-state index contributed by atoms with van der Waals surface area (Å²) in [6.45, 7) is 4.10. The molecule has 26 heavy (non-hydrogen) atoms. The minimum absolute atomic E-state index is 0.235. The van der Waals surface area contributed by atoms with Crippen LogP contribution in [0.3, 0.4) is 0 Å². The highest BCUT2D eigenvalue weighted by Crippen LogP contribution is 2.23. The lowest BCUT2D eigenvalue weighted by molar-refractivity contribution is -0.111. The fraction of sp³-hybridized carbons (Fsp3) is 0.143. The number of rotatable bonds is 5. The van der Waals surface area contributed by atoms with Crippen LogP contribution < -0.4 is 10.1 Å². The highest BCUT2D eigenvalue weighted by Gasteiger charge is 2.09. The fourth-order valence-electron chi connectivity index (χ4n) is 2.92. The number of nitrogens with one attached hydrogen (secondary N) is 1. The van der Waals surface area contributed by atoms with Crippen molar-refractivity contribution in [1.82, 2.24) is 9.55 Å². The Balaban J connectivity index is 1.80. The number of anilines is 1. The Morgan fingerprint density at radius 1 is 1.19 bits per heavy atom. The Bertz CT molecular complexity index is 943. The lowest BCUT2D eigenvalue weighted by atomic mass is 10.2. The van der Waals surface area contributed by atoms with E-state index in [1.165, 1.54) is 6.08 Å². The zero-order valence-corrected chi connectivity index (χ0v) is 15.1. The van der Waals surface area contributed by atoms with E-state index in [9.17, 15) is 4.79 Å². The number of nitrogens with zero attached hydrogens (tertiary/aromatic N) is 2. The van der Waals surface area contributed by atoms with E-state index in [2.05, 4.69) is 40.0 Å². The van der Waals surface area contributed by atoms with Crippen LogP contribution in [0.5, 0.6) is 5.75 Å². The van der Waals surface area contributed by atoms with Crippen LogP contribution in [0, 0.1) is 13.8 Å². The molecule has 132 valence electrons. The van der Waals surface area contributed by atoms with Crippen LogP contribution in [-0.4, -0.2) is 22.6 Å².